The number of alkyl carbamates (subject to hydrolysis) is 1. The van der Waals surface area contributed by atoms with Gasteiger partial charge in [0.1, 0.15) is 17.0 Å². The fraction of sp³-hybridized carbons (Fsp3) is 0.562. The molecule has 0 heterocycles. The van der Waals surface area contributed by atoms with Crippen LogP contribution in [0.5, 0.6) is 5.75 Å². The zero-order valence-electron chi connectivity index (χ0n) is 28.5. The second-order valence-corrected chi connectivity index (χ2v) is 16.2. The second-order valence-electron chi connectivity index (χ2n) is 12.8. The van der Waals surface area contributed by atoms with Gasteiger partial charge in [-0.15, -0.1) is 0 Å². The number of carbonyl (C=O) groups is 2. The van der Waals surface area contributed by atoms with Crippen LogP contribution in [0.1, 0.15) is 78.9 Å². The summed E-state index contributed by atoms with van der Waals surface area (Å²) < 4.78 is 84.7. The molecule has 0 aliphatic heterocycles. The van der Waals surface area contributed by atoms with Crippen LogP contribution in [-0.2, 0) is 40.2 Å². The zero-order chi connectivity index (χ0) is 36.6. The number of alkyl halides is 3. The molecule has 0 bridgehead atoms. The summed E-state index contributed by atoms with van der Waals surface area (Å²) in [4.78, 5) is 25.7. The monoisotopic (exact) mass is 741 g/mol. The molecule has 0 aromatic heterocycles. The van der Waals surface area contributed by atoms with Crippen LogP contribution in [0, 0.1) is 0 Å². The quantitative estimate of drug-likeness (QED) is 0.114. The lowest BCUT2D eigenvalue weighted by atomic mass is 9.87. The predicted molar refractivity (Wildman–Crippen MR) is 177 cm³/mol. The van der Waals surface area contributed by atoms with Gasteiger partial charge in [0.05, 0.1) is 22.6 Å². The highest BCUT2D eigenvalue weighted by Crippen LogP contribution is 2.49. The Morgan fingerprint density at radius 1 is 0.917 bits per heavy atom. The van der Waals surface area contributed by atoms with E-state index in [1.165, 1.54) is 14.2 Å². The van der Waals surface area contributed by atoms with Crippen molar-refractivity contribution in [2.45, 2.75) is 107 Å². The van der Waals surface area contributed by atoms with E-state index in [-0.39, 0.29) is 23.7 Å². The molecule has 0 saturated heterocycles. The summed E-state index contributed by atoms with van der Waals surface area (Å²) in [7, 11) is -1.54. The Kier molecular flexibility index (Phi) is 14.7. The molecule has 1 unspecified atom stereocenters. The minimum absolute atomic E-state index is 0.0147. The van der Waals surface area contributed by atoms with E-state index in [4.69, 9.17) is 39.4 Å². The molecule has 2 aromatic carbocycles. The van der Waals surface area contributed by atoms with Crippen LogP contribution in [0.3, 0.4) is 0 Å². The summed E-state index contributed by atoms with van der Waals surface area (Å²) in [6.07, 6.45) is -4.82. The zero-order valence-corrected chi connectivity index (χ0v) is 31.0. The lowest BCUT2D eigenvalue weighted by Gasteiger charge is -2.36. The van der Waals surface area contributed by atoms with Crippen molar-refractivity contribution in [1.82, 2.24) is 5.32 Å². The lowest BCUT2D eigenvalue weighted by Crippen LogP contribution is -2.53. The van der Waals surface area contributed by atoms with Crippen molar-refractivity contribution < 1.29 is 55.1 Å². The van der Waals surface area contributed by atoms with Crippen molar-refractivity contribution in [3.05, 3.63) is 52.5 Å². The Hall–Kier alpha value is -2.48. The van der Waals surface area contributed by atoms with Gasteiger partial charge in [-0.05, 0) is 96.7 Å². The maximum absolute atomic E-state index is 13.6. The smallest absolute Gasteiger partial charge is 0.444 e. The number of nitrogens with one attached hydrogen (secondary N) is 1. The van der Waals surface area contributed by atoms with Crippen molar-refractivity contribution in [3.63, 3.8) is 0 Å². The topological polar surface area (TPSA) is 119 Å². The fourth-order valence-electron chi connectivity index (χ4n) is 4.32. The van der Waals surface area contributed by atoms with E-state index < -0.39 is 48.6 Å². The first-order valence-corrected chi connectivity index (χ1v) is 17.6. The van der Waals surface area contributed by atoms with Crippen LogP contribution in [0.25, 0.3) is 0 Å². The summed E-state index contributed by atoms with van der Waals surface area (Å²) in [5.41, 5.74) is -3.01. The molecule has 0 spiro atoms. The third-order valence-corrected chi connectivity index (χ3v) is 9.14. The van der Waals surface area contributed by atoms with Gasteiger partial charge in [0.15, 0.2) is 0 Å². The van der Waals surface area contributed by atoms with Gasteiger partial charge < -0.3 is 19.5 Å². The van der Waals surface area contributed by atoms with E-state index >= 15 is 0 Å². The minimum atomic E-state index is -4.64. The maximum Gasteiger partial charge on any atom is 0.514 e. The molecular formula is C32H44ClF3NO9PS. The summed E-state index contributed by atoms with van der Waals surface area (Å²) in [5.74, 6) is -0.121. The van der Waals surface area contributed by atoms with E-state index in [1.54, 1.807) is 59.7 Å². The number of ether oxygens (including phenoxy) is 3. The van der Waals surface area contributed by atoms with E-state index in [2.05, 4.69) is 5.32 Å². The average molecular weight is 742 g/mol. The number of phosphoric ester groups is 1. The van der Waals surface area contributed by atoms with Gasteiger partial charge in [0, 0.05) is 24.1 Å². The molecule has 1 N–H and O–H groups in total. The molecule has 2 rings (SSSR count). The van der Waals surface area contributed by atoms with Gasteiger partial charge in [-0.2, -0.15) is 13.2 Å². The number of aryl methyl sites for hydroxylation is 1. The Morgan fingerprint density at radius 3 is 2.06 bits per heavy atom. The molecule has 0 saturated carbocycles. The average Bonchev–Trinajstić information content (AvgIpc) is 2.94. The first-order valence-electron chi connectivity index (χ1n) is 15.0. The molecular weight excluding hydrogens is 698 g/mol. The van der Waals surface area contributed by atoms with Crippen LogP contribution in [0.4, 0.5) is 22.8 Å². The van der Waals surface area contributed by atoms with Crippen molar-refractivity contribution in [2.24, 2.45) is 0 Å². The summed E-state index contributed by atoms with van der Waals surface area (Å²) in [6.45, 7) is 11.7. The summed E-state index contributed by atoms with van der Waals surface area (Å²) in [6, 6.07) is 7.69. The first kappa shape index (κ1) is 41.7. The van der Waals surface area contributed by atoms with Gasteiger partial charge in [0.25, 0.3) is 0 Å². The van der Waals surface area contributed by atoms with Gasteiger partial charge in [0.2, 0.25) is 0 Å². The molecule has 0 fully saturated rings. The van der Waals surface area contributed by atoms with Gasteiger partial charge in [-0.3, -0.25) is 13.6 Å². The molecule has 2 aromatic rings. The molecule has 1 atom stereocenters. The predicted octanol–water partition coefficient (Wildman–Crippen LogP) is 10.2. The fourth-order valence-corrected chi connectivity index (χ4v) is 6.38. The Bertz CT molecular complexity index is 1460. The number of hydrogen-bond acceptors (Lipinski definition) is 10. The minimum Gasteiger partial charge on any atom is -0.444 e. The van der Waals surface area contributed by atoms with Crippen molar-refractivity contribution in [1.29, 1.82) is 0 Å². The molecule has 10 nitrogen and oxygen atoms in total. The third-order valence-electron chi connectivity index (χ3n) is 6.42. The van der Waals surface area contributed by atoms with Crippen LogP contribution in [0.15, 0.2) is 46.2 Å². The van der Waals surface area contributed by atoms with Gasteiger partial charge in [-0.25, -0.2) is 14.2 Å². The maximum atomic E-state index is 13.6. The number of phosphoric acid groups is 1. The number of amides is 1. The Morgan fingerprint density at radius 2 is 1.54 bits per heavy atom. The van der Waals surface area contributed by atoms with E-state index in [0.29, 0.717) is 34.7 Å². The standard InChI is InChI=1S/C32H44ClF3NO9PS/c1-10-16-31(20-43-47(40,41-8)42-9,37-27(38)45-29(2,3)4)17-15-21-11-13-23(19-24(21)33)48-26-18-22(32(34,35)36)12-14-25(26)44-28(39)46-30(5,6)7/h11-14,18-19H,10,15-17,20H2,1-9H3,(H,37,38). The molecule has 0 aliphatic carbocycles. The molecule has 270 valence electrons. The number of halogens is 4. The molecule has 1 amide bonds. The highest BCUT2D eigenvalue weighted by Gasteiger charge is 2.37. The van der Waals surface area contributed by atoms with Crippen LogP contribution in [0.2, 0.25) is 5.02 Å². The molecule has 0 radical (unpaired) electrons. The normalized spacial score (nSPS) is 13.9. The van der Waals surface area contributed by atoms with Crippen LogP contribution < -0.4 is 10.1 Å². The summed E-state index contributed by atoms with van der Waals surface area (Å²) >= 11 is 7.58. The van der Waals surface area contributed by atoms with Crippen molar-refractivity contribution >= 4 is 43.4 Å². The second kappa shape index (κ2) is 17.0. The highest BCUT2D eigenvalue weighted by atomic mass is 35.5. The largest absolute Gasteiger partial charge is 0.514 e. The van der Waals surface area contributed by atoms with E-state index in [0.717, 1.165) is 30.0 Å². The van der Waals surface area contributed by atoms with E-state index in [1.807, 2.05) is 6.92 Å². The number of benzene rings is 2. The SMILES string of the molecule is CCCC(CCc1ccc(Sc2cc(C(F)(F)F)ccc2OC(=O)OC(C)(C)C)cc1Cl)(COP(=O)(OC)OC)NC(=O)OC(C)(C)C. The first-order chi connectivity index (χ1) is 22.0. The number of hydrogen-bond donors (Lipinski definition) is 1. The summed E-state index contributed by atoms with van der Waals surface area (Å²) in [5, 5.41) is 3.18. The molecule has 48 heavy (non-hydrogen) atoms. The molecule has 0 aliphatic rings. The highest BCUT2D eigenvalue weighted by molar-refractivity contribution is 7.99. The number of rotatable bonds is 14. The third kappa shape index (κ3) is 13.8. The van der Waals surface area contributed by atoms with Gasteiger partial charge in [-0.1, -0.05) is 42.8 Å². The van der Waals surface area contributed by atoms with Crippen LogP contribution in [-0.4, -0.2) is 49.8 Å². The van der Waals surface area contributed by atoms with Crippen molar-refractivity contribution in [3.8, 4) is 5.75 Å². The van der Waals surface area contributed by atoms with E-state index in [9.17, 15) is 27.3 Å². The number of carbonyl (C=O) groups excluding carboxylic acids is 2. The van der Waals surface area contributed by atoms with Crippen molar-refractivity contribution in [2.75, 3.05) is 20.8 Å². The van der Waals surface area contributed by atoms with Crippen LogP contribution >= 0.6 is 31.2 Å². The van der Waals surface area contributed by atoms with Gasteiger partial charge >= 0.3 is 26.2 Å². The Balaban J connectivity index is 2.39. The Labute approximate surface area is 289 Å². The molecule has 16 heteroatoms. The lowest BCUT2D eigenvalue weighted by molar-refractivity contribution is -0.137.